The fourth-order valence-electron chi connectivity index (χ4n) is 1.98. The predicted molar refractivity (Wildman–Crippen MR) is 57.7 cm³/mol. The Morgan fingerprint density at radius 1 is 1.33 bits per heavy atom. The van der Waals surface area contributed by atoms with Crippen molar-refractivity contribution < 1.29 is 0 Å². The normalized spacial score (nSPS) is 16.1. The summed E-state index contributed by atoms with van der Waals surface area (Å²) in [5.41, 5.74) is 7.78. The van der Waals surface area contributed by atoms with Gasteiger partial charge in [-0.2, -0.15) is 0 Å². The van der Waals surface area contributed by atoms with Crippen LogP contribution in [0.15, 0.2) is 18.2 Å². The third-order valence-corrected chi connectivity index (χ3v) is 2.88. The number of aromatic nitrogens is 3. The Bertz CT molecular complexity index is 484. The summed E-state index contributed by atoms with van der Waals surface area (Å²) in [6.45, 7) is 0.668. The van der Waals surface area contributed by atoms with Crippen molar-refractivity contribution >= 4 is 5.65 Å². The Labute approximate surface area is 88.1 Å². The zero-order chi connectivity index (χ0) is 10.3. The summed E-state index contributed by atoms with van der Waals surface area (Å²) >= 11 is 0. The highest BCUT2D eigenvalue weighted by atomic mass is 15.3. The van der Waals surface area contributed by atoms with Gasteiger partial charge in [0.2, 0.25) is 0 Å². The van der Waals surface area contributed by atoms with E-state index >= 15 is 0 Å². The monoisotopic (exact) mass is 202 g/mol. The maximum Gasteiger partial charge on any atom is 0.160 e. The van der Waals surface area contributed by atoms with Crippen molar-refractivity contribution in [1.29, 1.82) is 0 Å². The molecule has 0 unspecified atom stereocenters. The smallest absolute Gasteiger partial charge is 0.160 e. The van der Waals surface area contributed by atoms with Crippen molar-refractivity contribution in [2.45, 2.75) is 25.2 Å². The number of pyridine rings is 1. The van der Waals surface area contributed by atoms with E-state index in [1.54, 1.807) is 0 Å². The van der Waals surface area contributed by atoms with Crippen LogP contribution in [0.2, 0.25) is 0 Å². The summed E-state index contributed by atoms with van der Waals surface area (Å²) in [6, 6.07) is 6.12. The topological polar surface area (TPSA) is 56.2 Å². The van der Waals surface area contributed by atoms with Crippen LogP contribution in [0, 0.1) is 0 Å². The van der Waals surface area contributed by atoms with Crippen molar-refractivity contribution in [3.8, 4) is 0 Å². The van der Waals surface area contributed by atoms with Gasteiger partial charge in [-0.05, 0) is 31.5 Å². The molecular weight excluding hydrogens is 188 g/mol. The van der Waals surface area contributed by atoms with Gasteiger partial charge in [0, 0.05) is 18.0 Å². The quantitative estimate of drug-likeness (QED) is 0.811. The van der Waals surface area contributed by atoms with Crippen LogP contribution in [-0.4, -0.2) is 21.1 Å². The summed E-state index contributed by atoms with van der Waals surface area (Å²) in [5, 5.41) is 8.47. The van der Waals surface area contributed by atoms with Gasteiger partial charge in [0.25, 0.3) is 0 Å². The lowest BCUT2D eigenvalue weighted by molar-refractivity contribution is 0.833. The van der Waals surface area contributed by atoms with Crippen LogP contribution in [0.4, 0.5) is 0 Å². The summed E-state index contributed by atoms with van der Waals surface area (Å²) in [7, 11) is 0. The lowest BCUT2D eigenvalue weighted by atomic mass is 10.2. The van der Waals surface area contributed by atoms with Crippen molar-refractivity contribution in [2.24, 2.45) is 5.73 Å². The Balaban J connectivity index is 2.19. The van der Waals surface area contributed by atoms with Gasteiger partial charge in [0.15, 0.2) is 5.65 Å². The van der Waals surface area contributed by atoms with Gasteiger partial charge in [0.1, 0.15) is 5.82 Å². The summed E-state index contributed by atoms with van der Waals surface area (Å²) in [4.78, 5) is 0. The Morgan fingerprint density at radius 2 is 2.20 bits per heavy atom. The van der Waals surface area contributed by atoms with Crippen LogP contribution in [0.25, 0.3) is 5.65 Å². The molecule has 78 valence electrons. The first-order valence-corrected chi connectivity index (χ1v) is 5.43. The van der Waals surface area contributed by atoms with E-state index in [-0.39, 0.29) is 0 Å². The molecule has 2 aromatic rings. The minimum Gasteiger partial charge on any atom is -0.330 e. The van der Waals surface area contributed by atoms with Gasteiger partial charge in [-0.15, -0.1) is 10.2 Å². The minimum atomic E-state index is 0.624. The van der Waals surface area contributed by atoms with Crippen molar-refractivity contribution in [2.75, 3.05) is 6.54 Å². The molecule has 1 fully saturated rings. The van der Waals surface area contributed by atoms with E-state index in [1.165, 1.54) is 18.5 Å². The van der Waals surface area contributed by atoms with E-state index in [1.807, 2.05) is 12.1 Å². The third-order valence-electron chi connectivity index (χ3n) is 2.88. The number of nitrogens with two attached hydrogens (primary N) is 1. The SMILES string of the molecule is NCCc1cccc2nnc(C3CC3)n12. The molecule has 0 radical (unpaired) electrons. The first-order valence-electron chi connectivity index (χ1n) is 5.43. The van der Waals surface area contributed by atoms with E-state index in [9.17, 15) is 0 Å². The molecule has 0 amide bonds. The minimum absolute atomic E-state index is 0.624. The van der Waals surface area contributed by atoms with E-state index < -0.39 is 0 Å². The third kappa shape index (κ3) is 1.41. The second kappa shape index (κ2) is 3.31. The van der Waals surface area contributed by atoms with E-state index in [0.29, 0.717) is 12.5 Å². The zero-order valence-corrected chi connectivity index (χ0v) is 8.56. The molecule has 4 nitrogen and oxygen atoms in total. The number of fused-ring (bicyclic) bond motifs is 1. The number of hydrogen-bond acceptors (Lipinski definition) is 3. The first-order chi connectivity index (χ1) is 7.40. The summed E-state index contributed by atoms with van der Waals surface area (Å²) in [6.07, 6.45) is 3.38. The fourth-order valence-corrected chi connectivity index (χ4v) is 1.98. The van der Waals surface area contributed by atoms with Gasteiger partial charge in [-0.3, -0.25) is 4.40 Å². The molecule has 15 heavy (non-hydrogen) atoms. The van der Waals surface area contributed by atoms with Gasteiger partial charge < -0.3 is 5.73 Å². The highest BCUT2D eigenvalue weighted by Gasteiger charge is 2.29. The van der Waals surface area contributed by atoms with E-state index in [4.69, 9.17) is 5.73 Å². The largest absolute Gasteiger partial charge is 0.330 e. The fraction of sp³-hybridized carbons (Fsp3) is 0.455. The van der Waals surface area contributed by atoms with Crippen LogP contribution in [0.3, 0.4) is 0 Å². The van der Waals surface area contributed by atoms with Crippen LogP contribution >= 0.6 is 0 Å². The number of nitrogens with zero attached hydrogens (tertiary/aromatic N) is 3. The van der Waals surface area contributed by atoms with Gasteiger partial charge in [-0.25, -0.2) is 0 Å². The van der Waals surface area contributed by atoms with Crippen LogP contribution in [-0.2, 0) is 6.42 Å². The molecule has 0 spiro atoms. The molecule has 2 heterocycles. The Hall–Kier alpha value is -1.42. The molecule has 0 saturated heterocycles. The van der Waals surface area contributed by atoms with Crippen molar-refractivity contribution in [1.82, 2.24) is 14.6 Å². The lowest BCUT2D eigenvalue weighted by Gasteiger charge is -2.05. The highest BCUT2D eigenvalue weighted by Crippen LogP contribution is 2.39. The molecular formula is C11H14N4. The summed E-state index contributed by atoms with van der Waals surface area (Å²) in [5.74, 6) is 1.74. The Morgan fingerprint density at radius 3 is 2.93 bits per heavy atom. The molecule has 2 aromatic heterocycles. The predicted octanol–water partition coefficient (Wildman–Crippen LogP) is 1.11. The molecule has 0 aromatic carbocycles. The lowest BCUT2D eigenvalue weighted by Crippen LogP contribution is -2.08. The van der Waals surface area contributed by atoms with E-state index in [2.05, 4.69) is 20.7 Å². The second-order valence-corrected chi connectivity index (χ2v) is 4.08. The standard InChI is InChI=1S/C11H14N4/c12-7-6-9-2-1-3-10-13-14-11(15(9)10)8-4-5-8/h1-3,8H,4-7,12H2. The zero-order valence-electron chi connectivity index (χ0n) is 8.56. The molecule has 0 aliphatic heterocycles. The molecule has 2 N–H and O–H groups in total. The summed E-state index contributed by atoms with van der Waals surface area (Å²) < 4.78 is 2.17. The molecule has 3 rings (SSSR count). The number of rotatable bonds is 3. The molecule has 0 bridgehead atoms. The molecule has 0 atom stereocenters. The maximum absolute atomic E-state index is 5.61. The first kappa shape index (κ1) is 8.85. The second-order valence-electron chi connectivity index (χ2n) is 4.08. The highest BCUT2D eigenvalue weighted by molar-refractivity contribution is 5.41. The van der Waals surface area contributed by atoms with Crippen molar-refractivity contribution in [3.63, 3.8) is 0 Å². The average molecular weight is 202 g/mol. The van der Waals surface area contributed by atoms with Gasteiger partial charge in [-0.1, -0.05) is 6.07 Å². The maximum atomic E-state index is 5.61. The Kier molecular flexibility index (Phi) is 1.95. The molecule has 4 heteroatoms. The van der Waals surface area contributed by atoms with E-state index in [0.717, 1.165) is 17.9 Å². The molecule has 1 aliphatic rings. The van der Waals surface area contributed by atoms with Crippen LogP contribution < -0.4 is 5.73 Å². The van der Waals surface area contributed by atoms with Gasteiger partial charge in [0.05, 0.1) is 0 Å². The van der Waals surface area contributed by atoms with Gasteiger partial charge >= 0.3 is 0 Å². The average Bonchev–Trinajstić information content (AvgIpc) is 3.00. The molecule has 1 aliphatic carbocycles. The number of hydrogen-bond donors (Lipinski definition) is 1. The molecule has 1 saturated carbocycles. The van der Waals surface area contributed by atoms with Crippen LogP contribution in [0.5, 0.6) is 0 Å². The van der Waals surface area contributed by atoms with Crippen LogP contribution in [0.1, 0.15) is 30.3 Å². The van der Waals surface area contributed by atoms with Crippen molar-refractivity contribution in [3.05, 3.63) is 29.7 Å².